The fourth-order valence-electron chi connectivity index (χ4n) is 3.99. The third kappa shape index (κ3) is 2.54. The molecule has 0 saturated heterocycles. The molecule has 1 N–H and O–H groups in total. The first-order chi connectivity index (χ1) is 13.2. The Labute approximate surface area is 155 Å². The average Bonchev–Trinajstić information content (AvgIpc) is 3.38. The Hall–Kier alpha value is -3.35. The summed E-state index contributed by atoms with van der Waals surface area (Å²) >= 11 is 0. The molecule has 0 saturated carbocycles. The topological polar surface area (TPSA) is 82.2 Å². The number of hydrogen-bond donors (Lipinski definition) is 1. The van der Waals surface area contributed by atoms with Gasteiger partial charge in [-0.25, -0.2) is 4.68 Å². The molecule has 2 aliphatic rings. The van der Waals surface area contributed by atoms with E-state index < -0.39 is 0 Å². The van der Waals surface area contributed by atoms with Gasteiger partial charge in [0.1, 0.15) is 29.7 Å². The first kappa shape index (κ1) is 15.9. The van der Waals surface area contributed by atoms with E-state index in [2.05, 4.69) is 21.5 Å². The van der Waals surface area contributed by atoms with Crippen LogP contribution in [0.1, 0.15) is 29.7 Å². The Morgan fingerprint density at radius 3 is 2.85 bits per heavy atom. The minimum atomic E-state index is -0.361. The highest BCUT2D eigenvalue weighted by Gasteiger charge is 2.44. The molecule has 1 aromatic carbocycles. The largest absolute Gasteiger partial charge is 0.497 e. The molecule has 1 aliphatic heterocycles. The number of aromatic nitrogens is 3. The average molecular weight is 362 g/mol. The van der Waals surface area contributed by atoms with Crippen LogP contribution < -0.4 is 10.1 Å². The van der Waals surface area contributed by atoms with E-state index in [0.29, 0.717) is 18.1 Å². The van der Waals surface area contributed by atoms with Crippen molar-refractivity contribution >= 4 is 11.7 Å². The van der Waals surface area contributed by atoms with E-state index in [0.717, 1.165) is 17.0 Å². The smallest absolute Gasteiger partial charge is 0.226 e. The minimum absolute atomic E-state index is 0.00822. The van der Waals surface area contributed by atoms with Crippen LogP contribution in [0.25, 0.3) is 0 Å². The second-order valence-electron chi connectivity index (χ2n) is 6.76. The molecule has 7 nitrogen and oxygen atoms in total. The zero-order chi connectivity index (χ0) is 18.4. The van der Waals surface area contributed by atoms with Crippen LogP contribution in [0.4, 0.5) is 5.95 Å². The zero-order valence-electron chi connectivity index (χ0n) is 14.7. The van der Waals surface area contributed by atoms with Crippen LogP contribution in [0.5, 0.6) is 5.75 Å². The van der Waals surface area contributed by atoms with Crippen molar-refractivity contribution in [3.8, 4) is 5.75 Å². The van der Waals surface area contributed by atoms with E-state index in [9.17, 15) is 4.79 Å². The van der Waals surface area contributed by atoms with E-state index in [1.54, 1.807) is 18.1 Å². The summed E-state index contributed by atoms with van der Waals surface area (Å²) in [6, 6.07) is 11.2. The lowest BCUT2D eigenvalue weighted by molar-refractivity contribution is -0.123. The Morgan fingerprint density at radius 2 is 2.11 bits per heavy atom. The van der Waals surface area contributed by atoms with Crippen molar-refractivity contribution in [2.75, 3.05) is 12.4 Å². The lowest BCUT2D eigenvalue weighted by Gasteiger charge is -2.36. The number of hydrogen-bond acceptors (Lipinski definition) is 6. The normalized spacial score (nSPS) is 23.8. The lowest BCUT2D eigenvalue weighted by Crippen LogP contribution is -2.39. The van der Waals surface area contributed by atoms with Gasteiger partial charge in [-0.3, -0.25) is 4.79 Å². The van der Waals surface area contributed by atoms with E-state index in [4.69, 9.17) is 9.15 Å². The van der Waals surface area contributed by atoms with Gasteiger partial charge in [0.2, 0.25) is 5.95 Å². The molecule has 0 amide bonds. The number of carbonyl (C=O) groups is 1. The van der Waals surface area contributed by atoms with Crippen molar-refractivity contribution in [2.24, 2.45) is 5.92 Å². The van der Waals surface area contributed by atoms with Crippen LogP contribution in [0, 0.1) is 5.92 Å². The Balaban J connectivity index is 1.57. The number of benzene rings is 1. The predicted octanol–water partition coefficient (Wildman–Crippen LogP) is 3.15. The van der Waals surface area contributed by atoms with Crippen molar-refractivity contribution in [1.29, 1.82) is 0 Å². The number of methoxy groups -OCH3 is 1. The maximum atomic E-state index is 13.2. The molecule has 0 fully saturated rings. The Morgan fingerprint density at radius 1 is 1.26 bits per heavy atom. The number of anilines is 1. The number of allylic oxidation sites excluding steroid dienone is 2. The van der Waals surface area contributed by atoms with Gasteiger partial charge in [0, 0.05) is 18.0 Å². The number of rotatable bonds is 3. The summed E-state index contributed by atoms with van der Waals surface area (Å²) in [6.45, 7) is 0. The third-order valence-electron chi connectivity index (χ3n) is 5.27. The van der Waals surface area contributed by atoms with Gasteiger partial charge < -0.3 is 14.5 Å². The maximum Gasteiger partial charge on any atom is 0.226 e. The monoisotopic (exact) mass is 362 g/mol. The SMILES string of the molecule is COc1ccc([C@H]2C=C3Nc4ncnn4[C@@H](c4ccco4)[C@@H]3C(=O)C2)cc1. The quantitative estimate of drug-likeness (QED) is 0.771. The standard InChI is InChI=1S/C20H18N4O3/c1-26-14-6-4-12(5-7-14)13-9-15-18(16(25)10-13)19(17-3-2-8-27-17)24-20(23-15)21-11-22-24/h2-9,11,13,18-19H,10H2,1H3,(H,21,22,23)/t13-,18-,19-/m0/s1. The van der Waals surface area contributed by atoms with Crippen LogP contribution in [-0.2, 0) is 4.79 Å². The first-order valence-electron chi connectivity index (χ1n) is 8.83. The van der Waals surface area contributed by atoms with Gasteiger partial charge in [-0.1, -0.05) is 18.2 Å². The Kier molecular flexibility index (Phi) is 3.60. The number of furan rings is 1. The number of fused-ring (bicyclic) bond motifs is 2. The van der Waals surface area contributed by atoms with Crippen molar-refractivity contribution in [3.63, 3.8) is 0 Å². The summed E-state index contributed by atoms with van der Waals surface area (Å²) in [7, 11) is 1.64. The summed E-state index contributed by atoms with van der Waals surface area (Å²) in [5.41, 5.74) is 1.94. The second-order valence-corrected chi connectivity index (χ2v) is 6.76. The molecule has 7 heteroatoms. The van der Waals surface area contributed by atoms with Gasteiger partial charge in [-0.2, -0.15) is 10.1 Å². The predicted molar refractivity (Wildman–Crippen MR) is 97.4 cm³/mol. The van der Waals surface area contributed by atoms with E-state index >= 15 is 0 Å². The molecule has 2 aromatic heterocycles. The molecule has 27 heavy (non-hydrogen) atoms. The Bertz CT molecular complexity index is 1000. The molecule has 1 aliphatic carbocycles. The molecular formula is C20H18N4O3. The molecule has 0 radical (unpaired) electrons. The molecule has 3 aromatic rings. The maximum absolute atomic E-state index is 13.2. The van der Waals surface area contributed by atoms with E-state index in [-0.39, 0.29) is 23.7 Å². The summed E-state index contributed by atoms with van der Waals surface area (Å²) in [5.74, 6) is 1.92. The fourth-order valence-corrected chi connectivity index (χ4v) is 3.99. The lowest BCUT2D eigenvalue weighted by atomic mass is 9.77. The van der Waals surface area contributed by atoms with Gasteiger partial charge in [0.05, 0.1) is 19.3 Å². The highest BCUT2D eigenvalue weighted by atomic mass is 16.5. The van der Waals surface area contributed by atoms with Crippen LogP contribution in [0.2, 0.25) is 0 Å². The highest BCUT2D eigenvalue weighted by molar-refractivity contribution is 5.88. The molecule has 136 valence electrons. The van der Waals surface area contributed by atoms with Crippen LogP contribution >= 0.6 is 0 Å². The van der Waals surface area contributed by atoms with Crippen molar-refractivity contribution < 1.29 is 13.9 Å². The fraction of sp³-hybridized carbons (Fsp3) is 0.250. The van der Waals surface area contributed by atoms with Crippen LogP contribution in [0.3, 0.4) is 0 Å². The molecule has 3 atom stereocenters. The van der Waals surface area contributed by atoms with Crippen LogP contribution in [0.15, 0.2) is 65.2 Å². The summed E-state index contributed by atoms with van der Waals surface area (Å²) in [6.07, 6.45) is 5.66. The van der Waals surface area contributed by atoms with Gasteiger partial charge in [-0.15, -0.1) is 0 Å². The number of ketones is 1. The van der Waals surface area contributed by atoms with Gasteiger partial charge in [0.15, 0.2) is 0 Å². The zero-order valence-corrected chi connectivity index (χ0v) is 14.7. The first-order valence-corrected chi connectivity index (χ1v) is 8.83. The van der Waals surface area contributed by atoms with E-state index in [1.807, 2.05) is 36.4 Å². The third-order valence-corrected chi connectivity index (χ3v) is 5.27. The van der Waals surface area contributed by atoms with E-state index in [1.165, 1.54) is 6.33 Å². The van der Waals surface area contributed by atoms with Crippen molar-refractivity contribution in [2.45, 2.75) is 18.4 Å². The van der Waals surface area contributed by atoms with Gasteiger partial charge >= 0.3 is 0 Å². The molecule has 0 bridgehead atoms. The van der Waals surface area contributed by atoms with Crippen molar-refractivity contribution in [1.82, 2.24) is 14.8 Å². The second kappa shape index (κ2) is 6.12. The van der Waals surface area contributed by atoms with Gasteiger partial charge in [0.25, 0.3) is 0 Å². The number of Topliss-reactive ketones (excluding diaryl/α,β-unsaturated/α-hetero) is 1. The van der Waals surface area contributed by atoms with Crippen LogP contribution in [-0.4, -0.2) is 27.7 Å². The van der Waals surface area contributed by atoms with Crippen molar-refractivity contribution in [3.05, 3.63) is 72.1 Å². The molecule has 0 spiro atoms. The highest BCUT2D eigenvalue weighted by Crippen LogP contribution is 2.44. The number of carbonyl (C=O) groups excluding carboxylic acids is 1. The molecule has 0 unspecified atom stereocenters. The summed E-state index contributed by atoms with van der Waals surface area (Å²) in [4.78, 5) is 17.4. The molecule has 3 heterocycles. The molecule has 5 rings (SSSR count). The number of nitrogens with one attached hydrogen (secondary N) is 1. The number of ether oxygens (including phenoxy) is 1. The molecular weight excluding hydrogens is 344 g/mol. The summed E-state index contributed by atoms with van der Waals surface area (Å²) in [5, 5.41) is 7.59. The number of nitrogens with zero attached hydrogens (tertiary/aromatic N) is 3. The van der Waals surface area contributed by atoms with Gasteiger partial charge in [-0.05, 0) is 29.8 Å². The minimum Gasteiger partial charge on any atom is -0.497 e. The summed E-state index contributed by atoms with van der Waals surface area (Å²) < 4.78 is 12.6.